The number of nitrogens with one attached hydrogen (secondary N) is 2. The van der Waals surface area contributed by atoms with Gasteiger partial charge in [-0.1, -0.05) is 55.5 Å². The van der Waals surface area contributed by atoms with Crippen molar-refractivity contribution in [2.75, 3.05) is 29.1 Å². The summed E-state index contributed by atoms with van der Waals surface area (Å²) in [6.45, 7) is 6.12. The average Bonchev–Trinajstić information content (AvgIpc) is 2.89. The van der Waals surface area contributed by atoms with Crippen LogP contribution in [0.25, 0.3) is 0 Å². The molecule has 1 atom stereocenters. The van der Waals surface area contributed by atoms with Gasteiger partial charge in [0.1, 0.15) is 0 Å². The van der Waals surface area contributed by atoms with Gasteiger partial charge in [-0.15, -0.1) is 11.8 Å². The molecule has 0 spiro atoms. The van der Waals surface area contributed by atoms with Crippen LogP contribution < -0.4 is 15.5 Å². The van der Waals surface area contributed by atoms with Crippen LogP contribution in [0.1, 0.15) is 48.7 Å². The van der Waals surface area contributed by atoms with Crippen molar-refractivity contribution in [2.24, 2.45) is 5.92 Å². The molecule has 6 heteroatoms. The molecule has 3 aromatic rings. The van der Waals surface area contributed by atoms with E-state index in [9.17, 15) is 9.59 Å². The van der Waals surface area contributed by atoms with Gasteiger partial charge in [-0.25, -0.2) is 0 Å². The van der Waals surface area contributed by atoms with Crippen molar-refractivity contribution in [2.45, 2.75) is 37.6 Å². The minimum atomic E-state index is -0.135. The molecule has 2 amide bonds. The highest BCUT2D eigenvalue weighted by Gasteiger charge is 2.23. The van der Waals surface area contributed by atoms with Gasteiger partial charge in [0.2, 0.25) is 5.91 Å². The van der Waals surface area contributed by atoms with E-state index in [2.05, 4.69) is 22.5 Å². The quantitative estimate of drug-likeness (QED) is 0.375. The first kappa shape index (κ1) is 24.9. The van der Waals surface area contributed by atoms with Crippen LogP contribution >= 0.6 is 11.8 Å². The number of carbonyl (C=O) groups is 2. The van der Waals surface area contributed by atoms with Crippen molar-refractivity contribution in [3.05, 3.63) is 90.0 Å². The summed E-state index contributed by atoms with van der Waals surface area (Å²) < 4.78 is 0. The molecule has 0 saturated carbocycles. The number of hydrogen-bond acceptors (Lipinski definition) is 4. The molecule has 2 N–H and O–H groups in total. The second-order valence-electron chi connectivity index (χ2n) is 9.16. The summed E-state index contributed by atoms with van der Waals surface area (Å²) in [5.41, 5.74) is 3.20. The molecule has 1 aliphatic heterocycles. The lowest BCUT2D eigenvalue weighted by molar-refractivity contribution is -0.113. The third-order valence-corrected chi connectivity index (χ3v) is 7.42. The minimum Gasteiger partial charge on any atom is -0.371 e. The van der Waals surface area contributed by atoms with Crippen molar-refractivity contribution in [1.29, 1.82) is 0 Å². The maximum atomic E-state index is 13.5. The van der Waals surface area contributed by atoms with Crippen molar-refractivity contribution in [1.82, 2.24) is 5.32 Å². The Labute approximate surface area is 212 Å². The first-order valence-electron chi connectivity index (χ1n) is 12.2. The summed E-state index contributed by atoms with van der Waals surface area (Å²) in [4.78, 5) is 29.4. The van der Waals surface area contributed by atoms with Crippen LogP contribution in [0, 0.1) is 5.92 Å². The Morgan fingerprint density at radius 3 is 2.31 bits per heavy atom. The lowest BCUT2D eigenvalue weighted by Gasteiger charge is -2.33. The lowest BCUT2D eigenvalue weighted by atomic mass is 9.97. The fourth-order valence-electron chi connectivity index (χ4n) is 4.28. The molecule has 5 nitrogen and oxygen atoms in total. The molecule has 3 aromatic carbocycles. The molecule has 0 bridgehead atoms. The zero-order valence-corrected chi connectivity index (χ0v) is 21.2. The molecule has 0 aliphatic carbocycles. The zero-order valence-electron chi connectivity index (χ0n) is 20.4. The normalized spacial score (nSPS) is 14.9. The molecule has 35 heavy (non-hydrogen) atoms. The first-order chi connectivity index (χ1) is 17.0. The topological polar surface area (TPSA) is 61.4 Å². The second kappa shape index (κ2) is 11.9. The van der Waals surface area contributed by atoms with Crippen LogP contribution in [-0.4, -0.2) is 30.7 Å². The smallest absolute Gasteiger partial charge is 0.253 e. The van der Waals surface area contributed by atoms with E-state index in [1.165, 1.54) is 11.8 Å². The largest absolute Gasteiger partial charge is 0.371 e. The molecule has 1 unspecified atom stereocenters. The molecule has 0 radical (unpaired) electrons. The van der Waals surface area contributed by atoms with E-state index in [0.29, 0.717) is 22.9 Å². The maximum Gasteiger partial charge on any atom is 0.253 e. The average molecular weight is 488 g/mol. The van der Waals surface area contributed by atoms with E-state index in [1.54, 1.807) is 0 Å². The van der Waals surface area contributed by atoms with Crippen LogP contribution in [0.4, 0.5) is 11.4 Å². The van der Waals surface area contributed by atoms with Gasteiger partial charge in [0.05, 0.1) is 17.4 Å². The Balaban J connectivity index is 1.51. The highest BCUT2D eigenvalue weighted by atomic mass is 32.2. The third kappa shape index (κ3) is 6.89. The van der Waals surface area contributed by atoms with Gasteiger partial charge in [0.15, 0.2) is 0 Å². The summed E-state index contributed by atoms with van der Waals surface area (Å²) >= 11 is 1.49. The van der Waals surface area contributed by atoms with Crippen LogP contribution in [-0.2, 0) is 4.79 Å². The van der Waals surface area contributed by atoms with E-state index in [-0.39, 0.29) is 17.9 Å². The summed E-state index contributed by atoms with van der Waals surface area (Å²) in [6.07, 6.45) is 2.22. The Morgan fingerprint density at radius 1 is 0.971 bits per heavy atom. The van der Waals surface area contributed by atoms with E-state index in [1.807, 2.05) is 85.8 Å². The molecule has 1 aliphatic rings. The fraction of sp³-hybridized carbons (Fsp3) is 0.310. The Morgan fingerprint density at radius 2 is 1.63 bits per heavy atom. The number of benzene rings is 3. The Kier molecular flexibility index (Phi) is 8.48. The van der Waals surface area contributed by atoms with E-state index < -0.39 is 0 Å². The van der Waals surface area contributed by atoms with Gasteiger partial charge in [-0.3, -0.25) is 9.59 Å². The molecule has 1 heterocycles. The van der Waals surface area contributed by atoms with Gasteiger partial charge >= 0.3 is 0 Å². The third-order valence-electron chi connectivity index (χ3n) is 6.41. The van der Waals surface area contributed by atoms with Crippen molar-refractivity contribution in [3.8, 4) is 0 Å². The lowest BCUT2D eigenvalue weighted by Crippen LogP contribution is -2.35. The number of anilines is 2. The monoisotopic (exact) mass is 487 g/mol. The minimum absolute atomic E-state index is 0.0950. The van der Waals surface area contributed by atoms with E-state index >= 15 is 0 Å². The highest BCUT2D eigenvalue weighted by molar-refractivity contribution is 8.00. The molecule has 0 aromatic heterocycles. The predicted octanol–water partition coefficient (Wildman–Crippen LogP) is 6.14. The number of nitrogens with zero attached hydrogens (tertiary/aromatic N) is 1. The van der Waals surface area contributed by atoms with Gasteiger partial charge in [-0.2, -0.15) is 0 Å². The molecular weight excluding hydrogens is 454 g/mol. The van der Waals surface area contributed by atoms with E-state index in [0.717, 1.165) is 42.1 Å². The molecule has 1 saturated heterocycles. The van der Waals surface area contributed by atoms with Gasteiger partial charge in [-0.05, 0) is 61.6 Å². The van der Waals surface area contributed by atoms with Crippen molar-refractivity contribution >= 4 is 35.0 Å². The summed E-state index contributed by atoms with van der Waals surface area (Å²) in [7, 11) is 0. The van der Waals surface area contributed by atoms with Gasteiger partial charge in [0.25, 0.3) is 5.91 Å². The highest BCUT2D eigenvalue weighted by Crippen LogP contribution is 2.29. The van der Waals surface area contributed by atoms with Gasteiger partial charge < -0.3 is 15.5 Å². The van der Waals surface area contributed by atoms with Gasteiger partial charge in [0, 0.05) is 29.4 Å². The number of thioether (sulfide) groups is 1. The number of piperidine rings is 1. The van der Waals surface area contributed by atoms with Crippen LogP contribution in [0.5, 0.6) is 0 Å². The fourth-order valence-corrected chi connectivity index (χ4v) is 5.00. The number of hydrogen-bond donors (Lipinski definition) is 2. The number of amides is 2. The SMILES string of the molecule is CC1CCN(c2ccc(NC(=O)CSc3ccccc3)cc2C(=O)NC(C)c2ccccc2)CC1. The zero-order chi connectivity index (χ0) is 24.6. The first-order valence-corrected chi connectivity index (χ1v) is 13.2. The maximum absolute atomic E-state index is 13.5. The second-order valence-corrected chi connectivity index (χ2v) is 10.2. The molecule has 182 valence electrons. The molecular formula is C29H33N3O2S. The number of carbonyl (C=O) groups excluding carboxylic acids is 2. The van der Waals surface area contributed by atoms with Crippen LogP contribution in [0.2, 0.25) is 0 Å². The van der Waals surface area contributed by atoms with Crippen molar-refractivity contribution < 1.29 is 9.59 Å². The van der Waals surface area contributed by atoms with E-state index in [4.69, 9.17) is 0 Å². The van der Waals surface area contributed by atoms with Crippen molar-refractivity contribution in [3.63, 3.8) is 0 Å². The summed E-state index contributed by atoms with van der Waals surface area (Å²) in [5.74, 6) is 0.775. The molecule has 4 rings (SSSR count). The Hall–Kier alpha value is -3.25. The standard InChI is InChI=1S/C29H33N3O2S/c1-21-15-17-32(18-16-21)27-14-13-24(31-28(33)20-35-25-11-7-4-8-12-25)19-26(27)29(34)30-22(2)23-9-5-3-6-10-23/h3-14,19,21-22H,15-18,20H2,1-2H3,(H,30,34)(H,31,33). The Bertz CT molecular complexity index is 1130. The molecule has 1 fully saturated rings. The predicted molar refractivity (Wildman–Crippen MR) is 145 cm³/mol. The summed E-state index contributed by atoms with van der Waals surface area (Å²) in [6, 6.07) is 25.4. The summed E-state index contributed by atoms with van der Waals surface area (Å²) in [5, 5.41) is 6.12. The van der Waals surface area contributed by atoms with Crippen LogP contribution in [0.3, 0.4) is 0 Å². The van der Waals surface area contributed by atoms with Crippen LogP contribution in [0.15, 0.2) is 83.8 Å². The number of rotatable bonds is 8.